The summed E-state index contributed by atoms with van der Waals surface area (Å²) >= 11 is 0. The number of rotatable bonds is 6. The molecule has 0 saturated carbocycles. The molecule has 2 saturated heterocycles. The van der Waals surface area contributed by atoms with Crippen LogP contribution in [0.25, 0.3) is 0 Å². The second-order valence-electron chi connectivity index (χ2n) is 12.3. The smallest absolute Gasteiger partial charge is 0.241 e. The molecule has 1 amide bonds. The molecule has 1 aromatic heterocycles. The van der Waals surface area contributed by atoms with E-state index in [0.717, 1.165) is 55.9 Å². The summed E-state index contributed by atoms with van der Waals surface area (Å²) in [5, 5.41) is 13.8. The van der Waals surface area contributed by atoms with E-state index in [1.807, 2.05) is 11.0 Å². The van der Waals surface area contributed by atoms with Gasteiger partial charge in [-0.1, -0.05) is 19.9 Å². The molecule has 0 aliphatic carbocycles. The number of ether oxygens (including phenoxy) is 1. The van der Waals surface area contributed by atoms with Crippen molar-refractivity contribution in [2.75, 3.05) is 50.8 Å². The van der Waals surface area contributed by atoms with Gasteiger partial charge < -0.3 is 20.1 Å². The highest BCUT2D eigenvalue weighted by Crippen LogP contribution is 2.40. The van der Waals surface area contributed by atoms with Crippen molar-refractivity contribution in [3.63, 3.8) is 0 Å². The number of morpholine rings is 1. The van der Waals surface area contributed by atoms with Gasteiger partial charge in [-0.05, 0) is 44.0 Å². The Morgan fingerprint density at radius 2 is 1.95 bits per heavy atom. The average molecular weight is 540 g/mol. The summed E-state index contributed by atoms with van der Waals surface area (Å²) in [6, 6.07) is 7.31. The minimum atomic E-state index is -0.472. The Labute approximate surface area is 231 Å². The summed E-state index contributed by atoms with van der Waals surface area (Å²) in [7, 11) is 0. The molecule has 39 heavy (non-hydrogen) atoms. The van der Waals surface area contributed by atoms with Crippen molar-refractivity contribution < 1.29 is 19.0 Å². The Bertz CT molecular complexity index is 1200. The number of nitrogens with one attached hydrogen (secondary N) is 1. The highest BCUT2D eigenvalue weighted by atomic mass is 19.1. The highest BCUT2D eigenvalue weighted by Gasteiger charge is 2.41. The van der Waals surface area contributed by atoms with Crippen molar-refractivity contribution >= 4 is 11.6 Å². The number of halogens is 1. The number of carbonyl (C=O) groups excluding carboxylic acids is 1. The van der Waals surface area contributed by atoms with Crippen LogP contribution in [0.3, 0.4) is 0 Å². The molecule has 0 bridgehead atoms. The van der Waals surface area contributed by atoms with Gasteiger partial charge in [0.25, 0.3) is 0 Å². The van der Waals surface area contributed by atoms with Gasteiger partial charge in [-0.3, -0.25) is 19.6 Å². The molecular formula is C30H42FN5O3. The first-order chi connectivity index (χ1) is 18.5. The number of carbonyl (C=O) groups is 1. The molecule has 2 N–H and O–H groups in total. The fraction of sp³-hybridized carbons (Fsp3) is 0.600. The standard InChI is InChI=1S/C30H42FN5O3/c1-19-13-34(25(12-32-19)14-35-20(2)16-39-17-21(35)3)15-28(38)36-18-30(4,5)29-26(36)9-22(11-33-29)8-23-6-7-24(31)10-27(23)37/h6-7,9-11,19-21,25,32,37H,8,12-18H2,1-5H3. The molecule has 1 aromatic carbocycles. The predicted molar refractivity (Wildman–Crippen MR) is 150 cm³/mol. The Kier molecular flexibility index (Phi) is 7.97. The summed E-state index contributed by atoms with van der Waals surface area (Å²) in [5.74, 6) is -0.473. The molecule has 3 aliphatic rings. The molecule has 5 rings (SSSR count). The zero-order chi connectivity index (χ0) is 27.9. The number of phenolic OH excluding ortho intramolecular Hbond substituents is 1. The van der Waals surface area contributed by atoms with Gasteiger partial charge in [0.15, 0.2) is 0 Å². The maximum Gasteiger partial charge on any atom is 0.241 e. The third kappa shape index (κ3) is 5.96. The lowest BCUT2D eigenvalue weighted by Gasteiger charge is -2.46. The molecule has 2 aromatic rings. The van der Waals surface area contributed by atoms with Crippen LogP contribution in [0.15, 0.2) is 30.5 Å². The van der Waals surface area contributed by atoms with E-state index < -0.39 is 5.82 Å². The number of hydrogen-bond acceptors (Lipinski definition) is 7. The summed E-state index contributed by atoms with van der Waals surface area (Å²) in [6.07, 6.45) is 2.21. The van der Waals surface area contributed by atoms with Crippen LogP contribution >= 0.6 is 0 Å². The molecule has 3 aliphatic heterocycles. The minimum Gasteiger partial charge on any atom is -0.508 e. The maximum absolute atomic E-state index is 13.9. The Balaban J connectivity index is 1.34. The monoisotopic (exact) mass is 539 g/mol. The number of piperazine rings is 1. The van der Waals surface area contributed by atoms with Gasteiger partial charge in [0.05, 0.1) is 31.1 Å². The van der Waals surface area contributed by atoms with Gasteiger partial charge in [-0.25, -0.2) is 4.39 Å². The van der Waals surface area contributed by atoms with Crippen molar-refractivity contribution in [2.24, 2.45) is 0 Å². The summed E-state index contributed by atoms with van der Waals surface area (Å²) in [4.78, 5) is 25.4. The van der Waals surface area contributed by atoms with Crippen LogP contribution < -0.4 is 10.2 Å². The summed E-state index contributed by atoms with van der Waals surface area (Å²) in [6.45, 7) is 15.8. The van der Waals surface area contributed by atoms with E-state index >= 15 is 0 Å². The topological polar surface area (TPSA) is 81.2 Å². The normalized spacial score (nSPS) is 27.5. The van der Waals surface area contributed by atoms with E-state index in [4.69, 9.17) is 9.72 Å². The molecule has 2 fully saturated rings. The number of pyridine rings is 1. The largest absolute Gasteiger partial charge is 0.508 e. The number of fused-ring (bicyclic) bond motifs is 1. The number of aromatic hydroxyl groups is 1. The lowest BCUT2D eigenvalue weighted by atomic mass is 9.91. The van der Waals surface area contributed by atoms with Crippen LogP contribution in [0.1, 0.15) is 51.4 Å². The van der Waals surface area contributed by atoms with E-state index in [1.165, 1.54) is 6.07 Å². The molecule has 9 heteroatoms. The number of anilines is 1. The van der Waals surface area contributed by atoms with E-state index in [0.29, 0.717) is 43.2 Å². The number of nitrogens with zero attached hydrogens (tertiary/aromatic N) is 4. The zero-order valence-electron chi connectivity index (χ0n) is 23.8. The number of amides is 1. The second kappa shape index (κ2) is 11.1. The van der Waals surface area contributed by atoms with Crippen molar-refractivity contribution in [3.8, 4) is 5.75 Å². The zero-order valence-corrected chi connectivity index (χ0v) is 23.8. The molecular weight excluding hydrogens is 497 g/mol. The van der Waals surface area contributed by atoms with Crippen LogP contribution in [0, 0.1) is 5.82 Å². The highest BCUT2D eigenvalue weighted by molar-refractivity contribution is 5.97. The van der Waals surface area contributed by atoms with Crippen LogP contribution in [-0.4, -0.2) is 95.9 Å². The van der Waals surface area contributed by atoms with Gasteiger partial charge in [-0.2, -0.15) is 0 Å². The number of hydrogen-bond donors (Lipinski definition) is 2. The van der Waals surface area contributed by atoms with Crippen LogP contribution in [0.5, 0.6) is 5.75 Å². The maximum atomic E-state index is 13.9. The van der Waals surface area contributed by atoms with Gasteiger partial charge in [0.2, 0.25) is 5.91 Å². The molecule has 0 radical (unpaired) electrons. The van der Waals surface area contributed by atoms with Crippen LogP contribution in [-0.2, 0) is 21.4 Å². The van der Waals surface area contributed by atoms with Gasteiger partial charge in [-0.15, -0.1) is 0 Å². The first-order valence-electron chi connectivity index (χ1n) is 14.1. The van der Waals surface area contributed by atoms with Crippen molar-refractivity contribution in [1.82, 2.24) is 20.1 Å². The van der Waals surface area contributed by atoms with E-state index in [2.05, 4.69) is 49.7 Å². The fourth-order valence-corrected chi connectivity index (χ4v) is 6.31. The Morgan fingerprint density at radius 1 is 1.21 bits per heavy atom. The molecule has 4 heterocycles. The van der Waals surface area contributed by atoms with Gasteiger partial charge in [0.1, 0.15) is 11.6 Å². The third-order valence-electron chi connectivity index (χ3n) is 8.49. The molecule has 0 spiro atoms. The first kappa shape index (κ1) is 28.0. The number of benzene rings is 1. The first-order valence-corrected chi connectivity index (χ1v) is 14.1. The molecule has 8 nitrogen and oxygen atoms in total. The van der Waals surface area contributed by atoms with Crippen molar-refractivity contribution in [1.29, 1.82) is 0 Å². The van der Waals surface area contributed by atoms with Crippen LogP contribution in [0.4, 0.5) is 10.1 Å². The Hall–Kier alpha value is -2.59. The molecule has 212 valence electrons. The third-order valence-corrected chi connectivity index (χ3v) is 8.49. The molecule has 4 unspecified atom stereocenters. The second-order valence-corrected chi connectivity index (χ2v) is 12.3. The summed E-state index contributed by atoms with van der Waals surface area (Å²) in [5.41, 5.74) is 2.96. The van der Waals surface area contributed by atoms with Crippen molar-refractivity contribution in [2.45, 2.75) is 70.6 Å². The minimum absolute atomic E-state index is 0.0765. The predicted octanol–water partition coefficient (Wildman–Crippen LogP) is 2.91. The van der Waals surface area contributed by atoms with Gasteiger partial charge >= 0.3 is 0 Å². The number of phenols is 1. The van der Waals surface area contributed by atoms with E-state index in [9.17, 15) is 14.3 Å². The lowest BCUT2D eigenvalue weighted by Crippen LogP contribution is -2.63. The van der Waals surface area contributed by atoms with Crippen LogP contribution in [0.2, 0.25) is 0 Å². The van der Waals surface area contributed by atoms with E-state index in [1.54, 1.807) is 12.3 Å². The quantitative estimate of drug-likeness (QED) is 0.584. The Morgan fingerprint density at radius 3 is 2.67 bits per heavy atom. The average Bonchev–Trinajstić information content (AvgIpc) is 3.14. The fourth-order valence-electron chi connectivity index (χ4n) is 6.31. The lowest BCUT2D eigenvalue weighted by molar-refractivity contribution is -0.121. The summed E-state index contributed by atoms with van der Waals surface area (Å²) < 4.78 is 19.2. The van der Waals surface area contributed by atoms with Crippen molar-refractivity contribution in [3.05, 3.63) is 53.1 Å². The molecule has 4 atom stereocenters. The SMILES string of the molecule is CC1CN(CC(=O)N2CC(C)(C)c3ncc(Cc4ccc(F)cc4O)cc32)C(CN2C(C)COCC2C)CN1. The van der Waals surface area contributed by atoms with E-state index in [-0.39, 0.29) is 23.1 Å². The number of aromatic nitrogens is 1. The van der Waals surface area contributed by atoms with Gasteiger partial charge in [0, 0.05) is 74.4 Å².